The quantitative estimate of drug-likeness (QED) is 0.540. The van der Waals surface area contributed by atoms with Gasteiger partial charge in [-0.15, -0.1) is 0 Å². The molecule has 0 bridgehead atoms. The zero-order chi connectivity index (χ0) is 12.5. The van der Waals surface area contributed by atoms with Crippen molar-refractivity contribution in [3.05, 3.63) is 0 Å². The van der Waals surface area contributed by atoms with E-state index in [-0.39, 0.29) is 11.6 Å². The number of nitrogens with zero attached hydrogens (tertiary/aromatic N) is 4. The van der Waals surface area contributed by atoms with Crippen molar-refractivity contribution in [3.8, 4) is 6.19 Å². The average Bonchev–Trinajstić information content (AvgIpc) is 2.66. The van der Waals surface area contributed by atoms with Gasteiger partial charge in [0.05, 0.1) is 0 Å². The van der Waals surface area contributed by atoms with Gasteiger partial charge in [-0.3, -0.25) is 9.26 Å². The van der Waals surface area contributed by atoms with E-state index in [4.69, 9.17) is 5.26 Å². The molecule has 0 aromatic heterocycles. The molecule has 0 aliphatic carbocycles. The Morgan fingerprint density at radius 1 is 1.53 bits per heavy atom. The van der Waals surface area contributed by atoms with Crippen LogP contribution in [-0.4, -0.2) is 53.8 Å². The van der Waals surface area contributed by atoms with Gasteiger partial charge in [-0.05, 0) is 33.4 Å². The van der Waals surface area contributed by atoms with Crippen molar-refractivity contribution in [2.45, 2.75) is 31.3 Å². The van der Waals surface area contributed by atoms with Crippen LogP contribution < -0.4 is 0 Å². The van der Waals surface area contributed by atoms with Gasteiger partial charge in [0.25, 0.3) is 0 Å². The van der Waals surface area contributed by atoms with E-state index in [2.05, 4.69) is 28.1 Å². The highest BCUT2D eigenvalue weighted by atomic mass is 32.2. The normalized spacial score (nSPS) is 36.6. The summed E-state index contributed by atoms with van der Waals surface area (Å²) >= 11 is 0. The number of likely N-dealkylation sites (N-methyl/N-ethyl adjacent to an activating group) is 1. The molecule has 0 aromatic carbocycles. The fourth-order valence-electron chi connectivity index (χ4n) is 3.22. The highest BCUT2D eigenvalue weighted by Crippen LogP contribution is 2.36. The first-order valence-electron chi connectivity index (χ1n) is 6.01. The van der Waals surface area contributed by atoms with Crippen LogP contribution in [0.4, 0.5) is 0 Å². The highest BCUT2D eigenvalue weighted by molar-refractivity contribution is 7.74. The first kappa shape index (κ1) is 12.8. The minimum atomic E-state index is -1.38. The molecule has 2 aliphatic rings. The van der Waals surface area contributed by atoms with Crippen LogP contribution in [-0.2, 0) is 14.8 Å². The summed E-state index contributed by atoms with van der Waals surface area (Å²) in [6.45, 7) is 5.49. The molecule has 2 fully saturated rings. The predicted molar refractivity (Wildman–Crippen MR) is 66.6 cm³/mol. The fourth-order valence-corrected chi connectivity index (χ4v) is 4.27. The number of piperazine rings is 1. The molecule has 2 aliphatic heterocycles. The van der Waals surface area contributed by atoms with Crippen molar-refractivity contribution in [1.29, 1.82) is 5.26 Å². The standard InChI is InChI=1S/C11H19N4OS/c1-11-4-3-5-15(11)7-6-14(2)10(11)8-17(16)13-9-12/h10H,3-8H2,1-2H3/q-1/t10?,11-/m0/s1. The van der Waals surface area contributed by atoms with E-state index in [0.29, 0.717) is 5.75 Å². The second kappa shape index (κ2) is 4.92. The molecule has 2 saturated heterocycles. The van der Waals surface area contributed by atoms with Crippen LogP contribution in [0.5, 0.6) is 0 Å². The summed E-state index contributed by atoms with van der Waals surface area (Å²) in [5.74, 6) is 0.469. The summed E-state index contributed by atoms with van der Waals surface area (Å²) in [6, 6.07) is 0.233. The maximum atomic E-state index is 11.7. The molecule has 0 radical (unpaired) electrons. The summed E-state index contributed by atoms with van der Waals surface area (Å²) < 4.78 is 15.1. The molecule has 2 rings (SSSR count). The van der Waals surface area contributed by atoms with Crippen molar-refractivity contribution >= 4 is 10.6 Å². The van der Waals surface area contributed by atoms with Gasteiger partial charge in [-0.1, -0.05) is 5.75 Å². The highest BCUT2D eigenvalue weighted by Gasteiger charge is 2.46. The van der Waals surface area contributed by atoms with Crippen LogP contribution in [0.15, 0.2) is 4.36 Å². The maximum Gasteiger partial charge on any atom is 0.180 e. The Morgan fingerprint density at radius 3 is 3.00 bits per heavy atom. The van der Waals surface area contributed by atoms with E-state index in [1.807, 2.05) is 0 Å². The molecular formula is C11H19N4OS-. The van der Waals surface area contributed by atoms with E-state index < -0.39 is 10.6 Å². The lowest BCUT2D eigenvalue weighted by Gasteiger charge is -2.51. The molecule has 0 spiro atoms. The van der Waals surface area contributed by atoms with Gasteiger partial charge in [-0.2, -0.15) is 15.9 Å². The van der Waals surface area contributed by atoms with Crippen molar-refractivity contribution in [2.24, 2.45) is 4.36 Å². The molecule has 2 atom stereocenters. The molecule has 6 heteroatoms. The Labute approximate surface area is 105 Å². The third-order valence-electron chi connectivity index (χ3n) is 4.25. The summed E-state index contributed by atoms with van der Waals surface area (Å²) in [7, 11) is 0.700. The van der Waals surface area contributed by atoms with Gasteiger partial charge in [0.2, 0.25) is 0 Å². The fraction of sp³-hybridized carbons (Fsp3) is 0.909. The van der Waals surface area contributed by atoms with Gasteiger partial charge in [0, 0.05) is 24.7 Å². The first-order valence-corrected chi connectivity index (χ1v) is 7.29. The monoisotopic (exact) mass is 255 g/mol. The Balaban J connectivity index is 2.20. The topological polar surface area (TPSA) is 59.7 Å². The molecule has 96 valence electrons. The Kier molecular flexibility index (Phi) is 3.71. The minimum Gasteiger partial charge on any atom is -0.443 e. The molecule has 1 unspecified atom stereocenters. The lowest BCUT2D eigenvalue weighted by atomic mass is 9.87. The van der Waals surface area contributed by atoms with Crippen LogP contribution in [0.1, 0.15) is 19.8 Å². The van der Waals surface area contributed by atoms with Crippen LogP contribution >= 0.6 is 0 Å². The molecule has 2 heterocycles. The van der Waals surface area contributed by atoms with E-state index in [1.165, 1.54) is 6.42 Å². The number of hydrogen-bond acceptors (Lipinski definition) is 6. The summed E-state index contributed by atoms with van der Waals surface area (Å²) in [5, 5.41) is 8.45. The third kappa shape index (κ3) is 2.32. The van der Waals surface area contributed by atoms with Crippen molar-refractivity contribution < 1.29 is 4.21 Å². The second-order valence-electron chi connectivity index (χ2n) is 5.12. The third-order valence-corrected chi connectivity index (χ3v) is 5.14. The van der Waals surface area contributed by atoms with E-state index in [0.717, 1.165) is 26.1 Å². The van der Waals surface area contributed by atoms with Crippen LogP contribution in [0.2, 0.25) is 0 Å². The summed E-state index contributed by atoms with van der Waals surface area (Å²) in [4.78, 5) is 4.77. The minimum absolute atomic E-state index is 0.105. The van der Waals surface area contributed by atoms with E-state index in [1.54, 1.807) is 6.19 Å². The van der Waals surface area contributed by atoms with Gasteiger partial charge in [0.15, 0.2) is 6.19 Å². The predicted octanol–water partition coefficient (Wildman–Crippen LogP) is 0.783. The number of hydrogen-bond donors (Lipinski definition) is 0. The van der Waals surface area contributed by atoms with Crippen molar-refractivity contribution in [2.75, 3.05) is 32.4 Å². The summed E-state index contributed by atoms with van der Waals surface area (Å²) in [6.07, 6.45) is 3.99. The van der Waals surface area contributed by atoms with E-state index in [9.17, 15) is 4.21 Å². The number of nitriles is 1. The Hall–Kier alpha value is -0.640. The molecule has 0 N–H and O–H groups in total. The smallest absolute Gasteiger partial charge is 0.180 e. The van der Waals surface area contributed by atoms with Crippen LogP contribution in [0.3, 0.4) is 0 Å². The lowest BCUT2D eigenvalue weighted by Crippen LogP contribution is -2.64. The molecule has 17 heavy (non-hydrogen) atoms. The van der Waals surface area contributed by atoms with Crippen LogP contribution in [0, 0.1) is 11.5 Å². The Morgan fingerprint density at radius 2 is 2.29 bits per heavy atom. The average molecular weight is 255 g/mol. The molecule has 5 nitrogen and oxygen atoms in total. The van der Waals surface area contributed by atoms with Gasteiger partial charge < -0.3 is 9.11 Å². The number of rotatable bonds is 2. The molecular weight excluding hydrogens is 236 g/mol. The Bertz CT molecular complexity index is 412. The first-order chi connectivity index (χ1) is 8.08. The largest absolute Gasteiger partial charge is 0.443 e. The van der Waals surface area contributed by atoms with Gasteiger partial charge >= 0.3 is 0 Å². The number of fused-ring (bicyclic) bond motifs is 1. The van der Waals surface area contributed by atoms with Crippen molar-refractivity contribution in [3.63, 3.8) is 0 Å². The van der Waals surface area contributed by atoms with E-state index >= 15 is 0 Å². The van der Waals surface area contributed by atoms with Crippen molar-refractivity contribution in [1.82, 2.24) is 9.80 Å². The molecule has 0 saturated carbocycles. The van der Waals surface area contributed by atoms with Gasteiger partial charge in [-0.25, -0.2) is 0 Å². The van der Waals surface area contributed by atoms with Crippen LogP contribution in [0.25, 0.3) is 0 Å². The zero-order valence-electron chi connectivity index (χ0n) is 10.4. The van der Waals surface area contributed by atoms with Gasteiger partial charge in [0.1, 0.15) is 0 Å². The second-order valence-corrected chi connectivity index (χ2v) is 6.28. The zero-order valence-corrected chi connectivity index (χ0v) is 11.2. The SMILES string of the molecule is CN1CCN2CCC[C@@]2(C)C1C[S-](=O)=NC#N. The summed E-state index contributed by atoms with van der Waals surface area (Å²) in [5.41, 5.74) is 0.105. The maximum absolute atomic E-state index is 11.7. The lowest BCUT2D eigenvalue weighted by molar-refractivity contribution is 0.00654. The molecule has 0 amide bonds. The molecule has 0 aromatic rings.